The standard InChI is InChI=1S/C24H28N4O/c1-5-22-19(4)25-24-27(21-8-6-7-18(3)13-21)15-26(16-28(24)23(22)29)14-20-11-9-17(2)10-12-20/h6-13H,5,14-16H2,1-4H3. The van der Waals surface area contributed by atoms with Gasteiger partial charge in [-0.2, -0.15) is 0 Å². The third-order valence-electron chi connectivity index (χ3n) is 5.57. The Kier molecular flexibility index (Phi) is 5.24. The first-order valence-corrected chi connectivity index (χ1v) is 10.2. The molecule has 5 heteroatoms. The monoisotopic (exact) mass is 388 g/mol. The Morgan fingerprint density at radius 1 is 0.966 bits per heavy atom. The van der Waals surface area contributed by atoms with Crippen molar-refractivity contribution in [3.63, 3.8) is 0 Å². The van der Waals surface area contributed by atoms with E-state index in [4.69, 9.17) is 4.98 Å². The molecular formula is C24H28N4O. The van der Waals surface area contributed by atoms with E-state index in [-0.39, 0.29) is 5.56 Å². The molecule has 0 radical (unpaired) electrons. The first-order valence-electron chi connectivity index (χ1n) is 10.2. The topological polar surface area (TPSA) is 41.4 Å². The van der Waals surface area contributed by atoms with Gasteiger partial charge in [-0.05, 0) is 50.5 Å². The van der Waals surface area contributed by atoms with Crippen molar-refractivity contribution in [3.8, 4) is 0 Å². The lowest BCUT2D eigenvalue weighted by molar-refractivity contribution is 0.189. The molecule has 2 aromatic carbocycles. The SMILES string of the molecule is CCc1c(C)nc2n(c1=O)CN(Cc1ccc(C)cc1)CN2c1cccc(C)c1. The summed E-state index contributed by atoms with van der Waals surface area (Å²) in [5, 5.41) is 0. The average molecular weight is 389 g/mol. The number of aromatic nitrogens is 2. The zero-order chi connectivity index (χ0) is 20.5. The number of nitrogens with zero attached hydrogens (tertiary/aromatic N) is 4. The minimum atomic E-state index is 0.0706. The molecule has 1 aromatic heterocycles. The highest BCUT2D eigenvalue weighted by Crippen LogP contribution is 2.29. The van der Waals surface area contributed by atoms with Crippen LogP contribution in [0.4, 0.5) is 11.6 Å². The van der Waals surface area contributed by atoms with Gasteiger partial charge in [0.15, 0.2) is 0 Å². The minimum Gasteiger partial charge on any atom is -0.298 e. The van der Waals surface area contributed by atoms with E-state index in [2.05, 4.69) is 72.2 Å². The van der Waals surface area contributed by atoms with Crippen molar-refractivity contribution >= 4 is 11.6 Å². The molecule has 0 saturated carbocycles. The third kappa shape index (κ3) is 3.83. The second kappa shape index (κ2) is 7.84. The maximum atomic E-state index is 13.2. The van der Waals surface area contributed by atoms with E-state index >= 15 is 0 Å². The fraction of sp³-hybridized carbons (Fsp3) is 0.333. The Balaban J connectivity index is 1.78. The molecule has 1 aliphatic heterocycles. The second-order valence-corrected chi connectivity index (χ2v) is 7.93. The first kappa shape index (κ1) is 19.4. The van der Waals surface area contributed by atoms with E-state index < -0.39 is 0 Å². The number of hydrogen-bond acceptors (Lipinski definition) is 4. The summed E-state index contributed by atoms with van der Waals surface area (Å²) in [7, 11) is 0. The van der Waals surface area contributed by atoms with Gasteiger partial charge in [-0.3, -0.25) is 19.2 Å². The molecule has 3 aromatic rings. The van der Waals surface area contributed by atoms with Crippen molar-refractivity contribution in [2.45, 2.75) is 47.3 Å². The fourth-order valence-corrected chi connectivity index (χ4v) is 3.98. The van der Waals surface area contributed by atoms with Crippen LogP contribution in [-0.2, 0) is 19.6 Å². The van der Waals surface area contributed by atoms with E-state index in [1.807, 2.05) is 18.4 Å². The predicted molar refractivity (Wildman–Crippen MR) is 118 cm³/mol. The number of fused-ring (bicyclic) bond motifs is 1. The van der Waals surface area contributed by atoms with Crippen molar-refractivity contribution in [3.05, 3.63) is 86.8 Å². The van der Waals surface area contributed by atoms with E-state index in [0.717, 1.165) is 29.4 Å². The van der Waals surface area contributed by atoms with Crippen LogP contribution >= 0.6 is 0 Å². The Labute approximate surface area is 172 Å². The lowest BCUT2D eigenvalue weighted by atomic mass is 10.1. The van der Waals surface area contributed by atoms with Crippen LogP contribution < -0.4 is 10.5 Å². The molecule has 29 heavy (non-hydrogen) atoms. The zero-order valence-electron chi connectivity index (χ0n) is 17.6. The maximum Gasteiger partial charge on any atom is 0.259 e. The van der Waals surface area contributed by atoms with E-state index in [1.54, 1.807) is 0 Å². The van der Waals surface area contributed by atoms with Gasteiger partial charge in [0.25, 0.3) is 5.56 Å². The molecule has 2 heterocycles. The number of hydrogen-bond donors (Lipinski definition) is 0. The van der Waals surface area contributed by atoms with E-state index in [1.165, 1.54) is 16.7 Å². The largest absolute Gasteiger partial charge is 0.298 e. The van der Waals surface area contributed by atoms with Gasteiger partial charge < -0.3 is 0 Å². The molecule has 4 rings (SSSR count). The van der Waals surface area contributed by atoms with Crippen LogP contribution in [0.1, 0.15) is 34.9 Å². The zero-order valence-corrected chi connectivity index (χ0v) is 17.6. The van der Waals surface area contributed by atoms with Crippen LogP contribution in [0.2, 0.25) is 0 Å². The molecule has 150 valence electrons. The van der Waals surface area contributed by atoms with Crippen molar-refractivity contribution in [1.29, 1.82) is 0 Å². The molecule has 0 fully saturated rings. The summed E-state index contributed by atoms with van der Waals surface area (Å²) >= 11 is 0. The van der Waals surface area contributed by atoms with Gasteiger partial charge in [0.05, 0.1) is 13.3 Å². The van der Waals surface area contributed by atoms with Gasteiger partial charge in [-0.25, -0.2) is 4.98 Å². The molecule has 0 saturated heterocycles. The number of rotatable bonds is 4. The molecule has 0 bridgehead atoms. The van der Waals surface area contributed by atoms with E-state index in [9.17, 15) is 4.79 Å². The highest BCUT2D eigenvalue weighted by molar-refractivity contribution is 5.59. The van der Waals surface area contributed by atoms with Crippen LogP contribution in [-0.4, -0.2) is 21.1 Å². The van der Waals surface area contributed by atoms with Gasteiger partial charge in [0, 0.05) is 23.5 Å². The van der Waals surface area contributed by atoms with Crippen molar-refractivity contribution in [2.75, 3.05) is 11.6 Å². The van der Waals surface area contributed by atoms with Crippen molar-refractivity contribution in [1.82, 2.24) is 14.5 Å². The van der Waals surface area contributed by atoms with Gasteiger partial charge in [0.1, 0.15) is 0 Å². The summed E-state index contributed by atoms with van der Waals surface area (Å²) < 4.78 is 1.83. The highest BCUT2D eigenvalue weighted by atomic mass is 16.1. The smallest absolute Gasteiger partial charge is 0.259 e. The molecular weight excluding hydrogens is 360 g/mol. The van der Waals surface area contributed by atoms with Crippen LogP contribution in [0.5, 0.6) is 0 Å². The molecule has 0 N–H and O–H groups in total. The average Bonchev–Trinajstić information content (AvgIpc) is 2.70. The van der Waals surface area contributed by atoms with Crippen molar-refractivity contribution < 1.29 is 0 Å². The Morgan fingerprint density at radius 3 is 2.41 bits per heavy atom. The molecule has 1 aliphatic rings. The number of benzene rings is 2. The minimum absolute atomic E-state index is 0.0706. The van der Waals surface area contributed by atoms with Crippen molar-refractivity contribution in [2.24, 2.45) is 0 Å². The van der Waals surface area contributed by atoms with Crippen LogP contribution in [0.3, 0.4) is 0 Å². The third-order valence-corrected chi connectivity index (χ3v) is 5.57. The van der Waals surface area contributed by atoms with E-state index in [0.29, 0.717) is 19.8 Å². The summed E-state index contributed by atoms with van der Waals surface area (Å²) in [5.41, 5.74) is 6.44. The summed E-state index contributed by atoms with van der Waals surface area (Å²) in [6.45, 7) is 10.2. The van der Waals surface area contributed by atoms with Gasteiger partial charge in [-0.1, -0.05) is 48.9 Å². The molecule has 0 spiro atoms. The molecule has 0 atom stereocenters. The first-order chi connectivity index (χ1) is 14.0. The quantitative estimate of drug-likeness (QED) is 0.668. The summed E-state index contributed by atoms with van der Waals surface area (Å²) in [5.74, 6) is 0.732. The maximum absolute atomic E-state index is 13.2. The number of anilines is 2. The highest BCUT2D eigenvalue weighted by Gasteiger charge is 2.27. The molecule has 0 unspecified atom stereocenters. The Morgan fingerprint density at radius 2 is 1.72 bits per heavy atom. The second-order valence-electron chi connectivity index (χ2n) is 7.93. The van der Waals surface area contributed by atoms with Gasteiger partial charge in [0.2, 0.25) is 5.95 Å². The van der Waals surface area contributed by atoms with Crippen LogP contribution in [0.15, 0.2) is 53.3 Å². The molecule has 0 amide bonds. The van der Waals surface area contributed by atoms with Gasteiger partial charge >= 0.3 is 0 Å². The molecule has 5 nitrogen and oxygen atoms in total. The van der Waals surface area contributed by atoms with Crippen LogP contribution in [0.25, 0.3) is 0 Å². The number of aryl methyl sites for hydroxylation is 3. The Hall–Kier alpha value is -2.92. The summed E-state index contributed by atoms with van der Waals surface area (Å²) in [6, 6.07) is 17.0. The summed E-state index contributed by atoms with van der Waals surface area (Å²) in [6.07, 6.45) is 0.695. The van der Waals surface area contributed by atoms with Crippen LogP contribution in [0, 0.1) is 20.8 Å². The Bertz CT molecular complexity index is 1090. The normalized spacial score (nSPS) is 14.1. The summed E-state index contributed by atoms with van der Waals surface area (Å²) in [4.78, 5) is 22.5. The van der Waals surface area contributed by atoms with Gasteiger partial charge in [-0.15, -0.1) is 0 Å². The fourth-order valence-electron chi connectivity index (χ4n) is 3.98. The lowest BCUT2D eigenvalue weighted by Gasteiger charge is -2.38. The molecule has 0 aliphatic carbocycles. The lowest BCUT2D eigenvalue weighted by Crippen LogP contribution is -2.47. The predicted octanol–water partition coefficient (Wildman–Crippen LogP) is 4.30.